The van der Waals surface area contributed by atoms with Crippen molar-refractivity contribution in [3.63, 3.8) is 0 Å². The molecule has 0 heterocycles. The summed E-state index contributed by atoms with van der Waals surface area (Å²) < 4.78 is 5.25. The van der Waals surface area contributed by atoms with Gasteiger partial charge in [0.1, 0.15) is 5.75 Å². The molecule has 2 N–H and O–H groups in total. The highest BCUT2D eigenvalue weighted by atomic mass is 16.5. The largest absolute Gasteiger partial charge is 0.496 e. The quantitative estimate of drug-likeness (QED) is 0.764. The molecule has 26 heavy (non-hydrogen) atoms. The molecule has 0 saturated heterocycles. The summed E-state index contributed by atoms with van der Waals surface area (Å²) in [6, 6.07) is 7.54. The Balaban J connectivity index is 1.78. The third-order valence-corrected chi connectivity index (χ3v) is 5.92. The Morgan fingerprint density at radius 2 is 1.77 bits per heavy atom. The summed E-state index contributed by atoms with van der Waals surface area (Å²) in [5, 5.41) is 5.57. The lowest BCUT2D eigenvalue weighted by Gasteiger charge is -2.39. The maximum atomic E-state index is 12.2. The average Bonchev–Trinajstić information content (AvgIpc) is 2.66. The van der Waals surface area contributed by atoms with Crippen LogP contribution in [0, 0.1) is 11.3 Å². The lowest BCUT2D eigenvalue weighted by Crippen LogP contribution is -2.46. The van der Waals surface area contributed by atoms with Gasteiger partial charge in [-0.1, -0.05) is 45.4 Å². The van der Waals surface area contributed by atoms with Crippen LogP contribution in [-0.2, 0) is 16.1 Å². The summed E-state index contributed by atoms with van der Waals surface area (Å²) in [6.07, 6.45) is 5.27. The number of carbonyl (C=O) groups is 2. The Morgan fingerprint density at radius 1 is 1.12 bits per heavy atom. The van der Waals surface area contributed by atoms with Crippen molar-refractivity contribution in [2.24, 2.45) is 11.3 Å². The highest BCUT2D eigenvalue weighted by Crippen LogP contribution is 2.40. The van der Waals surface area contributed by atoms with Gasteiger partial charge >= 0.3 is 11.8 Å². The average molecular weight is 360 g/mol. The predicted molar refractivity (Wildman–Crippen MR) is 103 cm³/mol. The van der Waals surface area contributed by atoms with Crippen LogP contribution in [0.25, 0.3) is 0 Å². The van der Waals surface area contributed by atoms with Crippen LogP contribution in [0.3, 0.4) is 0 Å². The molecule has 144 valence electrons. The van der Waals surface area contributed by atoms with Crippen molar-refractivity contribution in [2.45, 2.75) is 65.5 Å². The molecule has 1 fully saturated rings. The van der Waals surface area contributed by atoms with E-state index in [1.165, 1.54) is 6.42 Å². The van der Waals surface area contributed by atoms with E-state index in [4.69, 9.17) is 4.74 Å². The van der Waals surface area contributed by atoms with Crippen LogP contribution in [0.4, 0.5) is 0 Å². The molecule has 1 aromatic rings. The number of hydrogen-bond acceptors (Lipinski definition) is 3. The summed E-state index contributed by atoms with van der Waals surface area (Å²) in [4.78, 5) is 24.3. The molecule has 1 aromatic carbocycles. The number of methoxy groups -OCH3 is 1. The highest BCUT2D eigenvalue weighted by molar-refractivity contribution is 6.35. The molecule has 0 bridgehead atoms. The first-order chi connectivity index (χ1) is 12.4. The van der Waals surface area contributed by atoms with Gasteiger partial charge in [0.25, 0.3) is 0 Å². The van der Waals surface area contributed by atoms with Gasteiger partial charge in [-0.3, -0.25) is 9.59 Å². The molecule has 0 spiro atoms. The Bertz CT molecular complexity index is 619. The predicted octanol–water partition coefficient (Wildman–Crippen LogP) is 3.42. The number of para-hydroxylation sites is 1. The molecule has 1 aliphatic carbocycles. The van der Waals surface area contributed by atoms with Gasteiger partial charge in [-0.25, -0.2) is 0 Å². The van der Waals surface area contributed by atoms with Crippen LogP contribution >= 0.6 is 0 Å². The fourth-order valence-corrected chi connectivity index (χ4v) is 3.66. The Hall–Kier alpha value is -2.04. The van der Waals surface area contributed by atoms with Crippen LogP contribution in [0.15, 0.2) is 24.3 Å². The van der Waals surface area contributed by atoms with Crippen molar-refractivity contribution in [1.29, 1.82) is 0 Å². The highest BCUT2D eigenvalue weighted by Gasteiger charge is 2.32. The molecule has 1 saturated carbocycles. The number of hydrogen-bond donors (Lipinski definition) is 2. The molecule has 0 aliphatic heterocycles. The molecule has 2 amide bonds. The number of rotatable bonds is 6. The van der Waals surface area contributed by atoms with Crippen molar-refractivity contribution < 1.29 is 14.3 Å². The van der Waals surface area contributed by atoms with Crippen molar-refractivity contribution in [1.82, 2.24) is 10.6 Å². The standard InChI is InChI=1S/C21H32N2O3/c1-5-21(2,3)16-10-12-17(13-11-16)23-20(25)19(24)22-14-15-8-6-7-9-18(15)26-4/h6-9,16-17H,5,10-14H2,1-4H3,(H,22,24)(H,23,25). The number of ether oxygens (including phenoxy) is 1. The lowest BCUT2D eigenvalue weighted by atomic mass is 9.69. The molecular formula is C21H32N2O3. The summed E-state index contributed by atoms with van der Waals surface area (Å²) >= 11 is 0. The number of nitrogens with one attached hydrogen (secondary N) is 2. The Labute approximate surface area is 156 Å². The van der Waals surface area contributed by atoms with Crippen molar-refractivity contribution in [3.8, 4) is 5.75 Å². The van der Waals surface area contributed by atoms with E-state index >= 15 is 0 Å². The summed E-state index contributed by atoms with van der Waals surface area (Å²) in [6.45, 7) is 7.15. The van der Waals surface area contributed by atoms with Crippen LogP contribution in [0.5, 0.6) is 5.75 Å². The molecule has 0 radical (unpaired) electrons. The molecule has 1 aliphatic rings. The molecular weight excluding hydrogens is 328 g/mol. The summed E-state index contributed by atoms with van der Waals surface area (Å²) in [5.74, 6) is 0.259. The first-order valence-corrected chi connectivity index (χ1v) is 9.58. The minimum Gasteiger partial charge on any atom is -0.496 e. The third-order valence-electron chi connectivity index (χ3n) is 5.92. The minimum absolute atomic E-state index is 0.100. The molecule has 0 unspecified atom stereocenters. The monoisotopic (exact) mass is 360 g/mol. The van der Waals surface area contributed by atoms with E-state index in [0.29, 0.717) is 17.1 Å². The van der Waals surface area contributed by atoms with Gasteiger partial charge in [-0.2, -0.15) is 0 Å². The van der Waals surface area contributed by atoms with Crippen molar-refractivity contribution in [3.05, 3.63) is 29.8 Å². The zero-order valence-corrected chi connectivity index (χ0v) is 16.4. The third kappa shape index (κ3) is 5.23. The van der Waals surface area contributed by atoms with Crippen LogP contribution < -0.4 is 15.4 Å². The van der Waals surface area contributed by atoms with Crippen molar-refractivity contribution >= 4 is 11.8 Å². The fraction of sp³-hybridized carbons (Fsp3) is 0.619. The van der Waals surface area contributed by atoms with Gasteiger partial charge in [0.05, 0.1) is 7.11 Å². The van der Waals surface area contributed by atoms with Gasteiger partial charge in [0, 0.05) is 18.2 Å². The van der Waals surface area contributed by atoms with Crippen molar-refractivity contribution in [2.75, 3.05) is 7.11 Å². The Kier molecular flexibility index (Phi) is 7.06. The summed E-state index contributed by atoms with van der Waals surface area (Å²) in [5.41, 5.74) is 1.19. The van der Waals surface area contributed by atoms with Crippen LogP contribution in [-0.4, -0.2) is 25.0 Å². The maximum Gasteiger partial charge on any atom is 0.309 e. The normalized spacial score (nSPS) is 20.3. The SMILES string of the molecule is CCC(C)(C)C1CCC(NC(=O)C(=O)NCc2ccccc2OC)CC1. The molecule has 2 rings (SSSR count). The summed E-state index contributed by atoms with van der Waals surface area (Å²) in [7, 11) is 1.59. The first kappa shape index (κ1) is 20.3. The van der Waals surface area contributed by atoms with Gasteiger partial charge < -0.3 is 15.4 Å². The van der Waals surface area contributed by atoms with E-state index in [-0.39, 0.29) is 12.6 Å². The van der Waals surface area contributed by atoms with E-state index in [9.17, 15) is 9.59 Å². The molecule has 5 nitrogen and oxygen atoms in total. The van der Waals surface area contributed by atoms with E-state index in [0.717, 1.165) is 31.2 Å². The second-order valence-corrected chi connectivity index (χ2v) is 7.86. The molecule has 0 atom stereocenters. The fourth-order valence-electron chi connectivity index (χ4n) is 3.66. The molecule has 5 heteroatoms. The number of benzene rings is 1. The zero-order valence-electron chi connectivity index (χ0n) is 16.4. The first-order valence-electron chi connectivity index (χ1n) is 9.58. The van der Waals surface area contributed by atoms with Gasteiger partial charge in [0.15, 0.2) is 0 Å². The number of carbonyl (C=O) groups excluding carboxylic acids is 2. The smallest absolute Gasteiger partial charge is 0.309 e. The van der Waals surface area contributed by atoms with Gasteiger partial charge in [-0.05, 0) is 43.1 Å². The maximum absolute atomic E-state index is 12.2. The second kappa shape index (κ2) is 9.06. The van der Waals surface area contributed by atoms with Gasteiger partial charge in [-0.15, -0.1) is 0 Å². The van der Waals surface area contributed by atoms with Crippen LogP contribution in [0.2, 0.25) is 0 Å². The Morgan fingerprint density at radius 3 is 2.38 bits per heavy atom. The molecule has 0 aromatic heterocycles. The van der Waals surface area contributed by atoms with E-state index in [2.05, 4.69) is 31.4 Å². The van der Waals surface area contributed by atoms with E-state index in [1.54, 1.807) is 7.11 Å². The topological polar surface area (TPSA) is 67.4 Å². The minimum atomic E-state index is -0.591. The zero-order chi connectivity index (χ0) is 19.2. The van der Waals surface area contributed by atoms with Gasteiger partial charge in [0.2, 0.25) is 0 Å². The second-order valence-electron chi connectivity index (χ2n) is 7.86. The van der Waals surface area contributed by atoms with E-state index < -0.39 is 11.8 Å². The lowest BCUT2D eigenvalue weighted by molar-refractivity contribution is -0.139. The number of amides is 2. The van der Waals surface area contributed by atoms with Crippen LogP contribution in [0.1, 0.15) is 58.4 Å². The van der Waals surface area contributed by atoms with E-state index in [1.807, 2.05) is 24.3 Å².